The van der Waals surface area contributed by atoms with E-state index in [0.29, 0.717) is 23.0 Å². The molecule has 0 heterocycles. The van der Waals surface area contributed by atoms with Gasteiger partial charge in [0.2, 0.25) is 0 Å². The number of hydrogen-bond donors (Lipinski definition) is 0. The Labute approximate surface area is 422 Å². The highest BCUT2D eigenvalue weighted by Gasteiger charge is 2.26. The average molecular weight is 951 g/mol. The second kappa shape index (κ2) is 22.6. The summed E-state index contributed by atoms with van der Waals surface area (Å²) in [6.07, 6.45) is 14.6. The Morgan fingerprint density at radius 3 is 1.11 bits per heavy atom. The van der Waals surface area contributed by atoms with Gasteiger partial charge < -0.3 is 18.9 Å². The molecule has 0 aliphatic rings. The van der Waals surface area contributed by atoms with E-state index in [2.05, 4.69) is 62.4 Å². The molecule has 0 spiro atoms. The zero-order valence-corrected chi connectivity index (χ0v) is 41.5. The van der Waals surface area contributed by atoms with Crippen LogP contribution in [0.1, 0.15) is 102 Å². The highest BCUT2D eigenvalue weighted by Crippen LogP contribution is 2.50. The summed E-state index contributed by atoms with van der Waals surface area (Å²) in [5, 5.41) is 11.0. The Kier molecular flexibility index (Phi) is 15.0. The second-order valence-corrected chi connectivity index (χ2v) is 19.2. The number of carbonyl (C=O) groups excluding carboxylic acids is 2. The van der Waals surface area contributed by atoms with E-state index in [1.165, 1.54) is 75.3 Å². The lowest BCUT2D eigenvalue weighted by Gasteiger charge is -2.22. The van der Waals surface area contributed by atoms with Crippen molar-refractivity contribution in [3.8, 4) is 34.1 Å². The van der Waals surface area contributed by atoms with E-state index < -0.39 is 12.3 Å². The molecule has 0 aliphatic carbocycles. The van der Waals surface area contributed by atoms with E-state index in [-0.39, 0.29) is 0 Å². The topological polar surface area (TPSA) is 71.1 Å². The number of hydrogen-bond acceptors (Lipinski definition) is 6. The van der Waals surface area contributed by atoms with Gasteiger partial charge in [0.25, 0.3) is 0 Å². The quantitative estimate of drug-likeness (QED) is 0.0348. The fraction of sp³-hybridized carbons (Fsp3) is 0.242. The molecule has 0 atom stereocenters. The summed E-state index contributed by atoms with van der Waals surface area (Å²) in [4.78, 5) is 28.1. The number of unbranched alkanes of at least 4 members (excludes halogenated alkanes) is 10. The summed E-state index contributed by atoms with van der Waals surface area (Å²) >= 11 is 0. The molecule has 10 rings (SSSR count). The molecule has 10 aromatic rings. The molecule has 6 heteroatoms. The highest BCUT2D eigenvalue weighted by molar-refractivity contribution is 6.27. The third kappa shape index (κ3) is 10.6. The van der Waals surface area contributed by atoms with Crippen LogP contribution < -0.4 is 18.9 Å². The first-order valence-electron chi connectivity index (χ1n) is 26.2. The zero-order valence-electron chi connectivity index (χ0n) is 41.5. The number of aryl methyl sites for hydroxylation is 2. The number of carbonyl (C=O) groups is 2. The molecule has 0 fully saturated rings. The number of fused-ring (bicyclic) bond motifs is 6. The first-order valence-corrected chi connectivity index (χ1v) is 26.2. The summed E-state index contributed by atoms with van der Waals surface area (Å²) in [5.74, 6) is 1.69. The van der Waals surface area contributed by atoms with Crippen molar-refractivity contribution in [2.75, 3.05) is 0 Å². The van der Waals surface area contributed by atoms with E-state index in [9.17, 15) is 9.59 Å². The first kappa shape index (κ1) is 48.0. The van der Waals surface area contributed by atoms with Crippen LogP contribution in [0.2, 0.25) is 0 Å². The van der Waals surface area contributed by atoms with Crippen molar-refractivity contribution >= 4 is 76.9 Å². The molecule has 10 aromatic carbocycles. The van der Waals surface area contributed by atoms with E-state index in [4.69, 9.17) is 18.9 Å². The molecule has 0 aromatic heterocycles. The van der Waals surface area contributed by atoms with E-state index in [0.717, 1.165) is 101 Å². The Morgan fingerprint density at radius 2 is 0.681 bits per heavy atom. The van der Waals surface area contributed by atoms with Crippen LogP contribution in [0.25, 0.3) is 75.8 Å². The summed E-state index contributed by atoms with van der Waals surface area (Å²) in [6, 6.07) is 56.7. The van der Waals surface area contributed by atoms with Crippen LogP contribution in [-0.2, 0) is 12.8 Å². The van der Waals surface area contributed by atoms with Gasteiger partial charge >= 0.3 is 12.3 Å². The molecule has 0 bridgehead atoms. The van der Waals surface area contributed by atoms with Crippen molar-refractivity contribution in [2.24, 2.45) is 0 Å². The van der Waals surface area contributed by atoms with Crippen molar-refractivity contribution in [1.29, 1.82) is 0 Å². The maximum atomic E-state index is 14.0. The third-order valence-corrected chi connectivity index (χ3v) is 14.2. The van der Waals surface area contributed by atoms with Crippen molar-refractivity contribution < 1.29 is 28.5 Å². The summed E-state index contributed by atoms with van der Waals surface area (Å²) in [7, 11) is 0. The number of ether oxygens (including phenoxy) is 4. The molecule has 0 aliphatic heterocycles. The van der Waals surface area contributed by atoms with Gasteiger partial charge in [-0.25, -0.2) is 9.59 Å². The Morgan fingerprint density at radius 1 is 0.319 bits per heavy atom. The minimum Gasteiger partial charge on any atom is -0.395 e. The maximum Gasteiger partial charge on any atom is 0.519 e. The standard InChI is InChI=1S/C66H62O6/c1-3-5-7-9-11-13-23-45-33-39-57-59(41-45)61(53-29-19-21-31-55(53)63(57)71-65(67)69-51-37-35-47-25-15-17-27-49(47)43-51)62-54-30-20-22-32-56(54)64(58-40-34-46(42-60(58)62)24-14-12-10-8-6-4-2)72-66(68)70-52-38-36-48-26-16-18-28-50(48)44-52/h15-22,25-44H,3-14,23-24H2,1-2H3. The number of benzene rings is 10. The second-order valence-electron chi connectivity index (χ2n) is 19.2. The molecule has 0 unspecified atom stereocenters. The van der Waals surface area contributed by atoms with Crippen molar-refractivity contribution in [1.82, 2.24) is 0 Å². The minimum atomic E-state index is -0.812. The fourth-order valence-corrected chi connectivity index (χ4v) is 10.5. The van der Waals surface area contributed by atoms with Crippen molar-refractivity contribution in [2.45, 2.75) is 104 Å². The average Bonchev–Trinajstić information content (AvgIpc) is 3.41. The molecule has 0 saturated heterocycles. The number of rotatable bonds is 19. The van der Waals surface area contributed by atoms with E-state index in [1.807, 2.05) is 109 Å². The SMILES string of the molecule is CCCCCCCCc1ccc2c(OC(=O)Oc3ccc4ccccc4c3)c3ccccc3c(-c3c4ccccc4c(OC(=O)Oc4ccc5ccccc5c4)c4ccc(CCCCCCCC)cc34)c2c1. The van der Waals surface area contributed by atoms with Gasteiger partial charge in [-0.2, -0.15) is 0 Å². The molecular weight excluding hydrogens is 889 g/mol. The lowest BCUT2D eigenvalue weighted by Crippen LogP contribution is -2.14. The predicted molar refractivity (Wildman–Crippen MR) is 297 cm³/mol. The molecule has 362 valence electrons. The van der Waals surface area contributed by atoms with E-state index >= 15 is 0 Å². The normalized spacial score (nSPS) is 11.5. The highest BCUT2D eigenvalue weighted by atomic mass is 16.7. The molecule has 0 saturated carbocycles. The minimum absolute atomic E-state index is 0.406. The van der Waals surface area contributed by atoms with E-state index in [1.54, 1.807) is 12.1 Å². The van der Waals surface area contributed by atoms with Crippen molar-refractivity contribution in [3.63, 3.8) is 0 Å². The van der Waals surface area contributed by atoms with Gasteiger partial charge in [-0.3, -0.25) is 0 Å². The Balaban J connectivity index is 1.13. The monoisotopic (exact) mass is 950 g/mol. The molecule has 0 N–H and O–H groups in total. The van der Waals surface area contributed by atoms with Crippen LogP contribution in [-0.4, -0.2) is 12.3 Å². The molecule has 72 heavy (non-hydrogen) atoms. The van der Waals surface area contributed by atoms with Crippen molar-refractivity contribution in [3.05, 3.63) is 181 Å². The smallest absolute Gasteiger partial charge is 0.395 e. The fourth-order valence-electron chi connectivity index (χ4n) is 10.5. The molecule has 6 nitrogen and oxygen atoms in total. The molecule has 0 amide bonds. The van der Waals surface area contributed by atoms with Gasteiger partial charge in [-0.05, 0) is 115 Å². The van der Waals surface area contributed by atoms with Crippen LogP contribution in [0.5, 0.6) is 23.0 Å². The van der Waals surface area contributed by atoms with Crippen LogP contribution in [0.3, 0.4) is 0 Å². The lowest BCUT2D eigenvalue weighted by atomic mass is 9.84. The Hall–Kier alpha value is -7.70. The van der Waals surface area contributed by atoms with Gasteiger partial charge in [0.1, 0.15) is 23.0 Å². The Bertz CT molecular complexity index is 3340. The molecular formula is C66H62O6. The molecule has 0 radical (unpaired) electrons. The van der Waals surface area contributed by atoms with Crippen LogP contribution >= 0.6 is 0 Å². The summed E-state index contributed by atoms with van der Waals surface area (Å²) < 4.78 is 24.7. The third-order valence-electron chi connectivity index (χ3n) is 14.2. The van der Waals surface area contributed by atoms with Crippen LogP contribution in [0.4, 0.5) is 9.59 Å². The van der Waals surface area contributed by atoms with Gasteiger partial charge in [0.15, 0.2) is 0 Å². The lowest BCUT2D eigenvalue weighted by molar-refractivity contribution is 0.152. The summed E-state index contributed by atoms with van der Waals surface area (Å²) in [5.41, 5.74) is 4.47. The largest absolute Gasteiger partial charge is 0.519 e. The predicted octanol–water partition coefficient (Wildman–Crippen LogP) is 19.2. The van der Waals surface area contributed by atoms with Crippen LogP contribution in [0, 0.1) is 0 Å². The van der Waals surface area contributed by atoms with Gasteiger partial charge in [0.05, 0.1) is 0 Å². The summed E-state index contributed by atoms with van der Waals surface area (Å²) in [6.45, 7) is 4.50. The van der Waals surface area contributed by atoms with Gasteiger partial charge in [-0.1, -0.05) is 224 Å². The maximum absolute atomic E-state index is 14.0. The van der Waals surface area contributed by atoms with Gasteiger partial charge in [-0.15, -0.1) is 0 Å². The van der Waals surface area contributed by atoms with Crippen LogP contribution in [0.15, 0.2) is 170 Å². The van der Waals surface area contributed by atoms with Gasteiger partial charge in [0, 0.05) is 21.5 Å². The first-order chi connectivity index (χ1) is 35.4. The zero-order chi connectivity index (χ0) is 49.2.